The molecule has 0 bridgehead atoms. The SMILES string of the molecule is CN=C(NCc1cn(CC(=O)OC)nn1)NC1CCN(Cc2ccccc2)C(C)C1. The summed E-state index contributed by atoms with van der Waals surface area (Å²) < 4.78 is 6.10. The van der Waals surface area contributed by atoms with Gasteiger partial charge in [0, 0.05) is 32.2 Å². The smallest absolute Gasteiger partial charge is 0.327 e. The Balaban J connectivity index is 1.44. The van der Waals surface area contributed by atoms with Crippen LogP contribution in [0.15, 0.2) is 41.5 Å². The summed E-state index contributed by atoms with van der Waals surface area (Å²) in [5.74, 6) is 0.385. The van der Waals surface area contributed by atoms with Crippen LogP contribution in [-0.4, -0.2) is 64.6 Å². The van der Waals surface area contributed by atoms with E-state index in [0.717, 1.165) is 37.6 Å². The van der Waals surface area contributed by atoms with Crippen molar-refractivity contribution in [3.8, 4) is 0 Å². The molecular weight excluding hydrogens is 382 g/mol. The van der Waals surface area contributed by atoms with E-state index >= 15 is 0 Å². The first-order valence-corrected chi connectivity index (χ1v) is 10.3. The molecule has 30 heavy (non-hydrogen) atoms. The molecule has 0 radical (unpaired) electrons. The molecule has 1 saturated heterocycles. The lowest BCUT2D eigenvalue weighted by Gasteiger charge is -2.38. The first kappa shape index (κ1) is 21.8. The van der Waals surface area contributed by atoms with Gasteiger partial charge in [-0.1, -0.05) is 35.5 Å². The van der Waals surface area contributed by atoms with Crippen molar-refractivity contribution in [1.29, 1.82) is 0 Å². The third kappa shape index (κ3) is 6.28. The maximum absolute atomic E-state index is 11.3. The van der Waals surface area contributed by atoms with Gasteiger partial charge in [-0.2, -0.15) is 0 Å². The van der Waals surface area contributed by atoms with Gasteiger partial charge in [-0.05, 0) is 25.3 Å². The van der Waals surface area contributed by atoms with E-state index in [0.29, 0.717) is 18.6 Å². The van der Waals surface area contributed by atoms with E-state index in [9.17, 15) is 4.79 Å². The van der Waals surface area contributed by atoms with Crippen LogP contribution >= 0.6 is 0 Å². The molecular formula is C21H31N7O2. The Labute approximate surface area is 177 Å². The summed E-state index contributed by atoms with van der Waals surface area (Å²) in [5, 5.41) is 14.8. The zero-order valence-corrected chi connectivity index (χ0v) is 17.9. The molecule has 1 aromatic carbocycles. The Kier molecular flexibility index (Phi) is 7.78. The summed E-state index contributed by atoms with van der Waals surface area (Å²) in [6, 6.07) is 11.5. The van der Waals surface area contributed by atoms with Crippen molar-refractivity contribution in [3.63, 3.8) is 0 Å². The summed E-state index contributed by atoms with van der Waals surface area (Å²) >= 11 is 0. The minimum atomic E-state index is -0.357. The molecule has 0 aliphatic carbocycles. The van der Waals surface area contributed by atoms with Gasteiger partial charge in [0.25, 0.3) is 0 Å². The third-order valence-electron chi connectivity index (χ3n) is 5.35. The molecule has 0 amide bonds. The average Bonchev–Trinajstić information content (AvgIpc) is 3.20. The first-order chi connectivity index (χ1) is 14.6. The van der Waals surface area contributed by atoms with Crippen LogP contribution in [0.2, 0.25) is 0 Å². The second kappa shape index (κ2) is 10.7. The van der Waals surface area contributed by atoms with Crippen LogP contribution in [0.1, 0.15) is 31.0 Å². The highest BCUT2D eigenvalue weighted by Gasteiger charge is 2.26. The van der Waals surface area contributed by atoms with Crippen LogP contribution < -0.4 is 10.6 Å². The van der Waals surface area contributed by atoms with Crippen molar-refractivity contribution < 1.29 is 9.53 Å². The number of aromatic nitrogens is 3. The molecule has 0 spiro atoms. The van der Waals surface area contributed by atoms with Crippen molar-refractivity contribution >= 4 is 11.9 Å². The molecule has 9 heteroatoms. The number of hydrogen-bond donors (Lipinski definition) is 2. The second-order valence-corrected chi connectivity index (χ2v) is 7.58. The van der Waals surface area contributed by atoms with Crippen molar-refractivity contribution in [3.05, 3.63) is 47.8 Å². The minimum Gasteiger partial charge on any atom is -0.468 e. The van der Waals surface area contributed by atoms with Gasteiger partial charge in [0.05, 0.1) is 19.9 Å². The molecule has 2 unspecified atom stereocenters. The molecule has 1 aromatic heterocycles. The van der Waals surface area contributed by atoms with Crippen molar-refractivity contribution in [2.75, 3.05) is 20.7 Å². The van der Waals surface area contributed by atoms with Crippen molar-refractivity contribution in [1.82, 2.24) is 30.5 Å². The van der Waals surface area contributed by atoms with E-state index < -0.39 is 0 Å². The lowest BCUT2D eigenvalue weighted by atomic mass is 9.97. The number of esters is 1. The Morgan fingerprint density at radius 2 is 2.13 bits per heavy atom. The Morgan fingerprint density at radius 3 is 2.83 bits per heavy atom. The summed E-state index contributed by atoms with van der Waals surface area (Å²) in [6.45, 7) is 4.85. The number of carbonyl (C=O) groups excluding carboxylic acids is 1. The number of ether oxygens (including phenoxy) is 1. The average molecular weight is 414 g/mol. The van der Waals surface area contributed by atoms with E-state index in [2.05, 4.69) is 72.8 Å². The Morgan fingerprint density at radius 1 is 1.33 bits per heavy atom. The maximum atomic E-state index is 11.3. The summed E-state index contributed by atoms with van der Waals surface area (Å²) in [5.41, 5.74) is 2.08. The highest BCUT2D eigenvalue weighted by atomic mass is 16.5. The molecule has 2 heterocycles. The largest absolute Gasteiger partial charge is 0.468 e. The Hall–Kier alpha value is -2.94. The standard InChI is InChI=1S/C21H31N7O2/c1-16-11-18(9-10-27(16)13-17-7-5-4-6-8-17)24-21(22-2)23-12-19-14-28(26-25-19)15-20(29)30-3/h4-8,14,16,18H,9-13,15H2,1-3H3,(H2,22,23,24). The van der Waals surface area contributed by atoms with Crippen LogP contribution in [0, 0.1) is 0 Å². The van der Waals surface area contributed by atoms with Crippen LogP contribution in [0.5, 0.6) is 0 Å². The van der Waals surface area contributed by atoms with Gasteiger partial charge in [0.2, 0.25) is 0 Å². The van der Waals surface area contributed by atoms with Crippen LogP contribution in [0.4, 0.5) is 0 Å². The van der Waals surface area contributed by atoms with Gasteiger partial charge < -0.3 is 15.4 Å². The second-order valence-electron chi connectivity index (χ2n) is 7.58. The molecule has 0 saturated carbocycles. The molecule has 1 aliphatic heterocycles. The Bertz CT molecular complexity index is 837. The van der Waals surface area contributed by atoms with E-state index in [1.54, 1.807) is 13.2 Å². The fraction of sp³-hybridized carbons (Fsp3) is 0.524. The number of benzene rings is 1. The third-order valence-corrected chi connectivity index (χ3v) is 5.35. The quantitative estimate of drug-likeness (QED) is 0.400. The van der Waals surface area contributed by atoms with E-state index in [1.165, 1.54) is 17.4 Å². The molecule has 1 fully saturated rings. The fourth-order valence-electron chi connectivity index (χ4n) is 3.66. The number of methoxy groups -OCH3 is 1. The molecule has 3 rings (SSSR count). The maximum Gasteiger partial charge on any atom is 0.327 e. The normalized spacial score (nSPS) is 20.0. The van der Waals surface area contributed by atoms with Gasteiger partial charge in [0.15, 0.2) is 5.96 Å². The van der Waals surface area contributed by atoms with Gasteiger partial charge in [0.1, 0.15) is 12.2 Å². The molecule has 2 atom stereocenters. The van der Waals surface area contributed by atoms with Gasteiger partial charge in [-0.15, -0.1) is 5.10 Å². The number of nitrogens with zero attached hydrogens (tertiary/aromatic N) is 5. The lowest BCUT2D eigenvalue weighted by molar-refractivity contribution is -0.141. The number of aliphatic imine (C=N–C) groups is 1. The summed E-state index contributed by atoms with van der Waals surface area (Å²) in [4.78, 5) is 18.2. The number of guanidine groups is 1. The molecule has 162 valence electrons. The number of piperidine rings is 1. The van der Waals surface area contributed by atoms with Crippen LogP contribution in [0.3, 0.4) is 0 Å². The predicted octanol–water partition coefficient (Wildman–Crippen LogP) is 1.17. The van der Waals surface area contributed by atoms with E-state index in [4.69, 9.17) is 0 Å². The first-order valence-electron chi connectivity index (χ1n) is 10.3. The number of likely N-dealkylation sites (tertiary alicyclic amines) is 1. The van der Waals surface area contributed by atoms with Gasteiger partial charge in [-0.3, -0.25) is 14.7 Å². The van der Waals surface area contributed by atoms with Crippen LogP contribution in [0.25, 0.3) is 0 Å². The lowest BCUT2D eigenvalue weighted by Crippen LogP contribution is -2.51. The zero-order valence-electron chi connectivity index (χ0n) is 17.9. The monoisotopic (exact) mass is 413 g/mol. The molecule has 2 N–H and O–H groups in total. The molecule has 9 nitrogen and oxygen atoms in total. The predicted molar refractivity (Wildman–Crippen MR) is 115 cm³/mol. The van der Waals surface area contributed by atoms with Crippen LogP contribution in [-0.2, 0) is 29.2 Å². The highest BCUT2D eigenvalue weighted by molar-refractivity contribution is 5.79. The topological polar surface area (TPSA) is 96.7 Å². The highest BCUT2D eigenvalue weighted by Crippen LogP contribution is 2.19. The van der Waals surface area contributed by atoms with E-state index in [1.807, 2.05) is 0 Å². The summed E-state index contributed by atoms with van der Waals surface area (Å²) in [7, 11) is 3.11. The fourth-order valence-corrected chi connectivity index (χ4v) is 3.66. The summed E-state index contributed by atoms with van der Waals surface area (Å²) in [6.07, 6.45) is 3.84. The molecule has 2 aromatic rings. The number of carbonyl (C=O) groups is 1. The van der Waals surface area contributed by atoms with Gasteiger partial charge >= 0.3 is 5.97 Å². The zero-order chi connectivity index (χ0) is 21.3. The van der Waals surface area contributed by atoms with E-state index in [-0.39, 0.29) is 12.5 Å². The van der Waals surface area contributed by atoms with Crippen molar-refractivity contribution in [2.45, 2.75) is 51.5 Å². The van der Waals surface area contributed by atoms with Gasteiger partial charge in [-0.25, -0.2) is 4.68 Å². The number of nitrogens with one attached hydrogen (secondary N) is 2. The molecule has 1 aliphatic rings. The van der Waals surface area contributed by atoms with Crippen molar-refractivity contribution in [2.24, 2.45) is 4.99 Å². The number of hydrogen-bond acceptors (Lipinski definition) is 6. The number of rotatable bonds is 7. The minimum absolute atomic E-state index is 0.0515.